The molecular formula is C11H20O. The minimum Gasteiger partial charge on any atom is -0.512 e. The maximum atomic E-state index is 9.67. The molecule has 1 aliphatic rings. The molecule has 0 bridgehead atoms. The number of hydrogen-bond donors (Lipinski definition) is 1. The molecule has 1 rings (SSSR count). The number of unbranched alkanes of at least 4 members (excludes halogenated alkanes) is 1. The van der Waals surface area contributed by atoms with Crippen molar-refractivity contribution in [3.8, 4) is 0 Å². The molecule has 1 heteroatoms. The van der Waals surface area contributed by atoms with Crippen molar-refractivity contribution in [1.82, 2.24) is 0 Å². The van der Waals surface area contributed by atoms with Crippen LogP contribution in [0.3, 0.4) is 0 Å². The monoisotopic (exact) mass is 168 g/mol. The fourth-order valence-electron chi connectivity index (χ4n) is 1.86. The van der Waals surface area contributed by atoms with E-state index in [0.717, 1.165) is 12.8 Å². The second-order valence-corrected chi connectivity index (χ2v) is 3.75. The normalized spacial score (nSPS) is 21.2. The highest BCUT2D eigenvalue weighted by atomic mass is 16.3. The molecule has 0 unspecified atom stereocenters. The Balaban J connectivity index is 2.33. The van der Waals surface area contributed by atoms with Gasteiger partial charge in [0, 0.05) is 5.92 Å². The molecule has 1 aliphatic carbocycles. The van der Waals surface area contributed by atoms with Gasteiger partial charge in [-0.3, -0.25) is 0 Å². The predicted octanol–water partition coefficient (Wildman–Crippen LogP) is 3.81. The summed E-state index contributed by atoms with van der Waals surface area (Å²) >= 11 is 0. The lowest BCUT2D eigenvalue weighted by Gasteiger charge is -2.20. The zero-order valence-electron chi connectivity index (χ0n) is 8.05. The average molecular weight is 168 g/mol. The van der Waals surface area contributed by atoms with Crippen molar-refractivity contribution in [2.24, 2.45) is 5.92 Å². The summed E-state index contributed by atoms with van der Waals surface area (Å²) in [5.74, 6) is 1.15. The molecule has 0 atom stereocenters. The first-order valence-electron chi connectivity index (χ1n) is 5.23. The summed E-state index contributed by atoms with van der Waals surface area (Å²) in [5.41, 5.74) is 0. The molecule has 0 spiro atoms. The van der Waals surface area contributed by atoms with Gasteiger partial charge in [0.05, 0.1) is 5.76 Å². The third-order valence-corrected chi connectivity index (χ3v) is 2.67. The Bertz CT molecular complexity index is 143. The van der Waals surface area contributed by atoms with Crippen molar-refractivity contribution in [2.75, 3.05) is 0 Å². The van der Waals surface area contributed by atoms with Crippen molar-refractivity contribution in [1.29, 1.82) is 0 Å². The van der Waals surface area contributed by atoms with E-state index in [1.54, 1.807) is 0 Å². The average Bonchev–Trinajstić information content (AvgIpc) is 2.15. The van der Waals surface area contributed by atoms with Crippen molar-refractivity contribution in [3.63, 3.8) is 0 Å². The molecular weight excluding hydrogens is 148 g/mol. The molecule has 1 N–H and O–H groups in total. The Morgan fingerprint density at radius 1 is 1.33 bits per heavy atom. The zero-order valence-corrected chi connectivity index (χ0v) is 8.05. The van der Waals surface area contributed by atoms with Gasteiger partial charge in [-0.05, 0) is 25.3 Å². The number of allylic oxidation sites excluding steroid dienone is 2. The van der Waals surface area contributed by atoms with Gasteiger partial charge in [-0.1, -0.05) is 32.6 Å². The van der Waals surface area contributed by atoms with Crippen LogP contribution in [0.25, 0.3) is 0 Å². The van der Waals surface area contributed by atoms with Gasteiger partial charge in [0.1, 0.15) is 0 Å². The molecule has 0 radical (unpaired) electrons. The SMILES string of the molecule is CCC/C=C(/O)C1CCCCC1. The molecule has 0 aliphatic heterocycles. The van der Waals surface area contributed by atoms with E-state index in [4.69, 9.17) is 0 Å². The molecule has 70 valence electrons. The number of aliphatic hydroxyl groups excluding tert-OH is 1. The quantitative estimate of drug-likeness (QED) is 0.635. The summed E-state index contributed by atoms with van der Waals surface area (Å²) in [7, 11) is 0. The van der Waals surface area contributed by atoms with Gasteiger partial charge in [0.2, 0.25) is 0 Å². The van der Waals surface area contributed by atoms with Crippen LogP contribution >= 0.6 is 0 Å². The first kappa shape index (κ1) is 9.63. The summed E-state index contributed by atoms with van der Waals surface area (Å²) in [5, 5.41) is 9.67. The summed E-state index contributed by atoms with van der Waals surface area (Å²) in [6.45, 7) is 2.14. The van der Waals surface area contributed by atoms with E-state index in [9.17, 15) is 5.11 Å². The highest BCUT2D eigenvalue weighted by molar-refractivity contribution is 4.97. The number of hydrogen-bond acceptors (Lipinski definition) is 1. The molecule has 0 amide bonds. The van der Waals surface area contributed by atoms with Crippen molar-refractivity contribution >= 4 is 0 Å². The Morgan fingerprint density at radius 3 is 2.58 bits per heavy atom. The third kappa shape index (κ3) is 2.88. The molecule has 0 heterocycles. The summed E-state index contributed by atoms with van der Waals surface area (Å²) in [4.78, 5) is 0. The Hall–Kier alpha value is -0.460. The second-order valence-electron chi connectivity index (χ2n) is 3.75. The van der Waals surface area contributed by atoms with E-state index in [0.29, 0.717) is 11.7 Å². The second kappa shape index (κ2) is 5.23. The minimum absolute atomic E-state index is 0.491. The maximum Gasteiger partial charge on any atom is 0.0913 e. The molecule has 1 fully saturated rings. The minimum atomic E-state index is 0.491. The van der Waals surface area contributed by atoms with Crippen LogP contribution < -0.4 is 0 Å². The topological polar surface area (TPSA) is 20.2 Å². The van der Waals surface area contributed by atoms with Crippen LogP contribution in [0, 0.1) is 5.92 Å². The van der Waals surface area contributed by atoms with Crippen molar-refractivity contribution in [2.45, 2.75) is 51.9 Å². The largest absolute Gasteiger partial charge is 0.512 e. The molecule has 0 aromatic rings. The van der Waals surface area contributed by atoms with Crippen molar-refractivity contribution < 1.29 is 5.11 Å². The van der Waals surface area contributed by atoms with Gasteiger partial charge in [-0.25, -0.2) is 0 Å². The zero-order chi connectivity index (χ0) is 8.81. The first-order valence-corrected chi connectivity index (χ1v) is 5.23. The lowest BCUT2D eigenvalue weighted by molar-refractivity contribution is 0.274. The fourth-order valence-corrected chi connectivity index (χ4v) is 1.86. The molecule has 12 heavy (non-hydrogen) atoms. The van der Waals surface area contributed by atoms with Crippen LogP contribution in [-0.2, 0) is 0 Å². The Labute approximate surface area is 75.5 Å². The maximum absolute atomic E-state index is 9.67. The van der Waals surface area contributed by atoms with Crippen LogP contribution in [0.15, 0.2) is 11.8 Å². The molecule has 0 aromatic carbocycles. The van der Waals surface area contributed by atoms with Gasteiger partial charge in [0.25, 0.3) is 0 Å². The van der Waals surface area contributed by atoms with E-state index in [2.05, 4.69) is 6.92 Å². The standard InChI is InChI=1S/C11H20O/c1-2-3-9-11(12)10-7-5-4-6-8-10/h9-10,12H,2-8H2,1H3/b11-9+. The smallest absolute Gasteiger partial charge is 0.0913 e. The van der Waals surface area contributed by atoms with Crippen LogP contribution in [0.2, 0.25) is 0 Å². The van der Waals surface area contributed by atoms with E-state index >= 15 is 0 Å². The van der Waals surface area contributed by atoms with Crippen LogP contribution in [0.1, 0.15) is 51.9 Å². The summed E-state index contributed by atoms with van der Waals surface area (Å²) < 4.78 is 0. The van der Waals surface area contributed by atoms with E-state index in [1.165, 1.54) is 32.1 Å². The van der Waals surface area contributed by atoms with Gasteiger partial charge < -0.3 is 5.11 Å². The summed E-state index contributed by atoms with van der Waals surface area (Å²) in [6, 6.07) is 0. The Kier molecular flexibility index (Phi) is 4.20. The number of rotatable bonds is 3. The highest BCUT2D eigenvalue weighted by Crippen LogP contribution is 2.28. The Morgan fingerprint density at radius 2 is 2.00 bits per heavy atom. The fraction of sp³-hybridized carbons (Fsp3) is 0.818. The lowest BCUT2D eigenvalue weighted by Crippen LogP contribution is -2.08. The third-order valence-electron chi connectivity index (χ3n) is 2.67. The van der Waals surface area contributed by atoms with Gasteiger partial charge >= 0.3 is 0 Å². The van der Waals surface area contributed by atoms with Crippen LogP contribution in [0.5, 0.6) is 0 Å². The van der Waals surface area contributed by atoms with Gasteiger partial charge in [-0.15, -0.1) is 0 Å². The van der Waals surface area contributed by atoms with E-state index < -0.39 is 0 Å². The number of aliphatic hydroxyl groups is 1. The molecule has 0 aromatic heterocycles. The lowest BCUT2D eigenvalue weighted by atomic mass is 9.87. The van der Waals surface area contributed by atoms with E-state index in [1.807, 2.05) is 6.08 Å². The molecule has 0 saturated heterocycles. The van der Waals surface area contributed by atoms with Crippen LogP contribution in [0.4, 0.5) is 0 Å². The highest BCUT2D eigenvalue weighted by Gasteiger charge is 2.16. The predicted molar refractivity (Wildman–Crippen MR) is 52.2 cm³/mol. The van der Waals surface area contributed by atoms with Gasteiger partial charge in [-0.2, -0.15) is 0 Å². The molecule has 1 nitrogen and oxygen atoms in total. The first-order chi connectivity index (χ1) is 5.84. The summed E-state index contributed by atoms with van der Waals surface area (Å²) in [6.07, 6.45) is 10.5. The van der Waals surface area contributed by atoms with Crippen LogP contribution in [-0.4, -0.2) is 5.11 Å². The molecule has 1 saturated carbocycles. The van der Waals surface area contributed by atoms with Crippen molar-refractivity contribution in [3.05, 3.63) is 11.8 Å². The van der Waals surface area contributed by atoms with Gasteiger partial charge in [0.15, 0.2) is 0 Å². The van der Waals surface area contributed by atoms with E-state index in [-0.39, 0.29) is 0 Å².